The summed E-state index contributed by atoms with van der Waals surface area (Å²) in [4.78, 5) is 10.3. The van der Waals surface area contributed by atoms with E-state index in [4.69, 9.17) is 5.11 Å². The lowest BCUT2D eigenvalue weighted by atomic mass is 10.2. The second-order valence-electron chi connectivity index (χ2n) is 1.64. The molecule has 3 heteroatoms. The molecule has 0 saturated heterocycles. The predicted molar refractivity (Wildman–Crippen MR) is 26.9 cm³/mol. The maximum atomic E-state index is 10.3. The van der Waals surface area contributed by atoms with Crippen molar-refractivity contribution < 1.29 is 9.90 Å². The molecule has 0 spiro atoms. The molecule has 1 atom stereocenters. The summed E-state index contributed by atoms with van der Waals surface area (Å²) >= 11 is 0. The van der Waals surface area contributed by atoms with Gasteiger partial charge in [-0.1, -0.05) is 0 Å². The van der Waals surface area contributed by atoms with Gasteiger partial charge in [0, 0.05) is 6.20 Å². The summed E-state index contributed by atoms with van der Waals surface area (Å²) in [6.45, 7) is 0. The zero-order chi connectivity index (χ0) is 5.98. The number of carbonyl (C=O) groups is 1. The fourth-order valence-corrected chi connectivity index (χ4v) is 0.525. The quantitative estimate of drug-likeness (QED) is 0.454. The van der Waals surface area contributed by atoms with Crippen molar-refractivity contribution in [1.82, 2.24) is 5.32 Å². The van der Waals surface area contributed by atoms with Crippen LogP contribution in [0.15, 0.2) is 12.3 Å². The third kappa shape index (κ3) is 1.07. The number of rotatable bonds is 0. The van der Waals surface area contributed by atoms with Gasteiger partial charge in [0.15, 0.2) is 0 Å². The number of carbonyl (C=O) groups excluding carboxylic acids is 1. The van der Waals surface area contributed by atoms with E-state index >= 15 is 0 Å². The number of hydrogen-bond donors (Lipinski definition) is 1. The summed E-state index contributed by atoms with van der Waals surface area (Å²) in [5.41, 5.74) is 0. The van der Waals surface area contributed by atoms with Crippen molar-refractivity contribution in [3.63, 3.8) is 0 Å². The molecule has 0 fully saturated rings. The molecule has 1 radical (unpaired) electrons. The van der Waals surface area contributed by atoms with Crippen LogP contribution in [0.5, 0.6) is 0 Å². The summed E-state index contributed by atoms with van der Waals surface area (Å²) < 4.78 is 0. The first kappa shape index (κ1) is 5.31. The highest BCUT2D eigenvalue weighted by Crippen LogP contribution is 1.98. The molecule has 1 aliphatic rings. The van der Waals surface area contributed by atoms with Crippen molar-refractivity contribution >= 4 is 5.91 Å². The van der Waals surface area contributed by atoms with Gasteiger partial charge < -0.3 is 5.11 Å². The van der Waals surface area contributed by atoms with Crippen LogP contribution in [0, 0.1) is 0 Å². The first-order chi connectivity index (χ1) is 3.79. The van der Waals surface area contributed by atoms with Gasteiger partial charge in [-0.2, -0.15) is 0 Å². The molecular weight excluding hydrogens is 106 g/mol. The highest BCUT2D eigenvalue weighted by molar-refractivity contribution is 5.78. The van der Waals surface area contributed by atoms with Gasteiger partial charge in [-0.05, 0) is 6.08 Å². The Balaban J connectivity index is 2.54. The highest BCUT2D eigenvalue weighted by atomic mass is 16.3. The second-order valence-corrected chi connectivity index (χ2v) is 1.64. The zero-order valence-corrected chi connectivity index (χ0v) is 4.24. The molecule has 0 aromatic rings. The molecule has 1 amide bonds. The van der Waals surface area contributed by atoms with Gasteiger partial charge in [0.2, 0.25) is 5.91 Å². The zero-order valence-electron chi connectivity index (χ0n) is 4.24. The Bertz CT molecular complexity index is 130. The van der Waals surface area contributed by atoms with E-state index in [9.17, 15) is 4.79 Å². The van der Waals surface area contributed by atoms with Crippen LogP contribution < -0.4 is 5.32 Å². The Kier molecular flexibility index (Phi) is 1.30. The molecule has 1 aliphatic heterocycles. The third-order valence-electron chi connectivity index (χ3n) is 0.911. The fraction of sp³-hybridized carbons (Fsp3) is 0.400. The molecule has 8 heavy (non-hydrogen) atoms. The number of nitrogens with zero attached hydrogens (tertiary/aromatic N) is 1. The number of hydrogen-bond acceptors (Lipinski definition) is 2. The van der Waals surface area contributed by atoms with Crippen LogP contribution in [0.3, 0.4) is 0 Å². The largest absolute Gasteiger partial charge is 0.388 e. The van der Waals surface area contributed by atoms with Crippen LogP contribution in [0.2, 0.25) is 0 Å². The van der Waals surface area contributed by atoms with E-state index in [0.29, 0.717) is 0 Å². The lowest BCUT2D eigenvalue weighted by molar-refractivity contribution is -0.122. The molecule has 0 aromatic carbocycles. The molecule has 1 heterocycles. The van der Waals surface area contributed by atoms with E-state index in [-0.39, 0.29) is 12.3 Å². The summed E-state index contributed by atoms with van der Waals surface area (Å²) in [6.07, 6.45) is 2.34. The monoisotopic (exact) mass is 112 g/mol. The maximum absolute atomic E-state index is 10.3. The van der Waals surface area contributed by atoms with Gasteiger partial charge in [0.05, 0.1) is 12.5 Å². The number of aliphatic hydroxyl groups excluding tert-OH is 1. The highest BCUT2D eigenvalue weighted by Gasteiger charge is 2.11. The minimum Gasteiger partial charge on any atom is -0.388 e. The first-order valence-corrected chi connectivity index (χ1v) is 2.37. The molecule has 43 valence electrons. The van der Waals surface area contributed by atoms with Crippen LogP contribution in [-0.4, -0.2) is 17.1 Å². The number of amides is 1. The minimum absolute atomic E-state index is 0.135. The lowest BCUT2D eigenvalue weighted by Crippen LogP contribution is -2.21. The predicted octanol–water partition coefficient (Wildman–Crippen LogP) is -0.604. The SMILES string of the molecule is O=C1CC(O)C=C[N]1. The Morgan fingerprint density at radius 2 is 2.62 bits per heavy atom. The van der Waals surface area contributed by atoms with Crippen LogP contribution >= 0.6 is 0 Å². The van der Waals surface area contributed by atoms with Crippen molar-refractivity contribution in [2.24, 2.45) is 0 Å². The average molecular weight is 112 g/mol. The van der Waals surface area contributed by atoms with Gasteiger partial charge in [0.1, 0.15) is 0 Å². The molecule has 1 unspecified atom stereocenters. The number of aliphatic hydroxyl groups is 1. The van der Waals surface area contributed by atoms with Crippen molar-refractivity contribution in [1.29, 1.82) is 0 Å². The molecule has 0 bridgehead atoms. The summed E-state index contributed by atoms with van der Waals surface area (Å²) in [6, 6.07) is 0. The molecule has 0 saturated carbocycles. The first-order valence-electron chi connectivity index (χ1n) is 2.37. The topological polar surface area (TPSA) is 51.4 Å². The molecule has 0 aromatic heterocycles. The van der Waals surface area contributed by atoms with Gasteiger partial charge >= 0.3 is 0 Å². The summed E-state index contributed by atoms with van der Waals surface area (Å²) in [5, 5.41) is 12.1. The Morgan fingerprint density at radius 1 is 1.88 bits per heavy atom. The van der Waals surface area contributed by atoms with Crippen LogP contribution in [0.1, 0.15) is 6.42 Å². The summed E-state index contributed by atoms with van der Waals surface area (Å²) in [5.74, 6) is -0.250. The Morgan fingerprint density at radius 3 is 3.00 bits per heavy atom. The van der Waals surface area contributed by atoms with E-state index in [1.165, 1.54) is 12.3 Å². The van der Waals surface area contributed by atoms with Crippen molar-refractivity contribution in [2.75, 3.05) is 0 Å². The van der Waals surface area contributed by atoms with Gasteiger partial charge in [-0.15, -0.1) is 0 Å². The van der Waals surface area contributed by atoms with E-state index in [2.05, 4.69) is 5.32 Å². The van der Waals surface area contributed by atoms with E-state index in [0.717, 1.165) is 0 Å². The standard InChI is InChI=1S/C5H6NO2/c7-4-1-2-6-5(8)3-4/h1-2,4,7H,3H2. The fourth-order valence-electron chi connectivity index (χ4n) is 0.525. The van der Waals surface area contributed by atoms with Gasteiger partial charge in [-0.3, -0.25) is 4.79 Å². The Hall–Kier alpha value is -0.830. The minimum atomic E-state index is -0.611. The summed E-state index contributed by atoms with van der Waals surface area (Å²) in [7, 11) is 0. The lowest BCUT2D eigenvalue weighted by Gasteiger charge is -2.06. The van der Waals surface area contributed by atoms with Crippen molar-refractivity contribution in [3.05, 3.63) is 12.3 Å². The van der Waals surface area contributed by atoms with Crippen LogP contribution in [0.4, 0.5) is 0 Å². The van der Waals surface area contributed by atoms with Crippen LogP contribution in [-0.2, 0) is 4.79 Å². The second kappa shape index (κ2) is 1.96. The average Bonchev–Trinajstić information content (AvgIpc) is 1.64. The van der Waals surface area contributed by atoms with E-state index in [1.54, 1.807) is 0 Å². The molecule has 0 aliphatic carbocycles. The molecule has 1 rings (SSSR count). The van der Waals surface area contributed by atoms with Crippen molar-refractivity contribution in [2.45, 2.75) is 12.5 Å². The maximum Gasteiger partial charge on any atom is 0.248 e. The normalized spacial score (nSPS) is 27.6. The molecule has 3 nitrogen and oxygen atoms in total. The van der Waals surface area contributed by atoms with E-state index in [1.807, 2.05) is 0 Å². The third-order valence-corrected chi connectivity index (χ3v) is 0.911. The Labute approximate surface area is 47.0 Å². The van der Waals surface area contributed by atoms with Gasteiger partial charge in [0.25, 0.3) is 0 Å². The molecule has 1 N–H and O–H groups in total. The molecular formula is C5H6NO2. The van der Waals surface area contributed by atoms with E-state index < -0.39 is 6.10 Å². The van der Waals surface area contributed by atoms with Crippen molar-refractivity contribution in [3.8, 4) is 0 Å². The van der Waals surface area contributed by atoms with Gasteiger partial charge in [-0.25, -0.2) is 5.32 Å². The smallest absolute Gasteiger partial charge is 0.248 e. The van der Waals surface area contributed by atoms with Crippen LogP contribution in [0.25, 0.3) is 0 Å².